The monoisotopic (exact) mass is 614 g/mol. The van der Waals surface area contributed by atoms with E-state index in [2.05, 4.69) is 50.9 Å². The number of hydrogen-bond donors (Lipinski definition) is 3. The van der Waals surface area contributed by atoms with Gasteiger partial charge in [0.2, 0.25) is 17.7 Å². The van der Waals surface area contributed by atoms with Crippen LogP contribution in [0.4, 0.5) is 0 Å². The van der Waals surface area contributed by atoms with Crippen LogP contribution in [0.1, 0.15) is 40.0 Å². The van der Waals surface area contributed by atoms with Gasteiger partial charge in [-0.05, 0) is 20.8 Å². The van der Waals surface area contributed by atoms with Crippen molar-refractivity contribution in [2.45, 2.75) is 40.0 Å². The van der Waals surface area contributed by atoms with Crippen molar-refractivity contribution < 1.29 is 74.4 Å². The number of amides is 3. The van der Waals surface area contributed by atoms with Crippen LogP contribution in [0.2, 0.25) is 0 Å². The van der Waals surface area contributed by atoms with E-state index in [1.807, 2.05) is 0 Å². The second kappa shape index (κ2) is 28.0. The summed E-state index contributed by atoms with van der Waals surface area (Å²) in [5.41, 5.74) is 0. The van der Waals surface area contributed by atoms with Crippen molar-refractivity contribution in [1.29, 1.82) is 0 Å². The molecule has 0 aromatic rings. The molecule has 0 unspecified atom stereocenters. The molecule has 0 aliphatic rings. The minimum absolute atomic E-state index is 0. The number of carbonyl (C=O) groups is 9. The SMILES string of the molecule is [CH2-]C(=O)OCCNC(=O)CC(C)=O.[CH2-]C(=O)OCCNC(=O)CC(C)=O.[CH2-]C(=O)OCCNC(=O)CC(C)=O.[Fe+3]. The summed E-state index contributed by atoms with van der Waals surface area (Å²) >= 11 is 0. The molecule has 0 rings (SSSR count). The van der Waals surface area contributed by atoms with Crippen molar-refractivity contribution in [3.63, 3.8) is 0 Å². The van der Waals surface area contributed by atoms with Crippen LogP contribution in [0, 0.1) is 20.8 Å². The van der Waals surface area contributed by atoms with Gasteiger partial charge in [-0.15, -0.1) is 0 Å². The molecule has 0 aliphatic carbocycles. The third kappa shape index (κ3) is 44.0. The molecule has 0 aromatic heterocycles. The quantitative estimate of drug-likeness (QED) is 0.0473. The van der Waals surface area contributed by atoms with Crippen LogP contribution in [0.15, 0.2) is 0 Å². The maximum Gasteiger partial charge on any atom is 3.00 e. The fourth-order valence-electron chi connectivity index (χ4n) is 1.93. The molecule has 40 heavy (non-hydrogen) atoms. The zero-order chi connectivity index (χ0) is 30.8. The standard InChI is InChI=1S/3C8H12NO4.Fe/c3*1-6(10)5-8(12)9-3-4-13-7(2)11;/h3*2-5H2,1H3,(H,9,12);/q3*-1;+3. The number of hydrogen-bond acceptors (Lipinski definition) is 12. The fourth-order valence-corrected chi connectivity index (χ4v) is 1.93. The molecule has 0 aliphatic heterocycles. The van der Waals surface area contributed by atoms with Crippen molar-refractivity contribution in [1.82, 2.24) is 16.0 Å². The third-order valence-electron chi connectivity index (χ3n) is 3.29. The largest absolute Gasteiger partial charge is 3.00 e. The van der Waals surface area contributed by atoms with Crippen molar-refractivity contribution in [2.75, 3.05) is 39.5 Å². The molecule has 0 saturated heterocycles. The second-order valence-corrected chi connectivity index (χ2v) is 7.35. The molecule has 0 fully saturated rings. The Morgan fingerprint density at radius 3 is 0.825 bits per heavy atom. The van der Waals surface area contributed by atoms with Crippen LogP contribution in [-0.2, 0) is 74.4 Å². The van der Waals surface area contributed by atoms with Crippen molar-refractivity contribution in [3.8, 4) is 0 Å². The van der Waals surface area contributed by atoms with E-state index in [-0.39, 0.29) is 111 Å². The van der Waals surface area contributed by atoms with Crippen LogP contribution in [-0.4, -0.2) is 92.4 Å². The van der Waals surface area contributed by atoms with Crippen LogP contribution in [0.5, 0.6) is 0 Å². The smallest absolute Gasteiger partial charge is 0.487 e. The Morgan fingerprint density at radius 2 is 0.675 bits per heavy atom. The van der Waals surface area contributed by atoms with E-state index in [0.717, 1.165) is 0 Å². The van der Waals surface area contributed by atoms with Gasteiger partial charge in [0, 0.05) is 0 Å². The topological polar surface area (TPSA) is 217 Å². The summed E-state index contributed by atoms with van der Waals surface area (Å²) in [7, 11) is 0. The average Bonchev–Trinajstić information content (AvgIpc) is 2.76. The van der Waals surface area contributed by atoms with E-state index >= 15 is 0 Å². The molecule has 0 heterocycles. The van der Waals surface area contributed by atoms with Gasteiger partial charge in [-0.25, -0.2) is 0 Å². The van der Waals surface area contributed by atoms with E-state index in [1.165, 1.54) is 20.8 Å². The summed E-state index contributed by atoms with van der Waals surface area (Å²) in [6.45, 7) is 13.7. The van der Waals surface area contributed by atoms with Crippen LogP contribution in [0.25, 0.3) is 0 Å². The minimum atomic E-state index is -0.638. The van der Waals surface area contributed by atoms with E-state index < -0.39 is 17.9 Å². The second-order valence-electron chi connectivity index (χ2n) is 7.35. The summed E-state index contributed by atoms with van der Waals surface area (Å²) in [6.07, 6.45) is -0.422. The molecule has 3 amide bonds. The van der Waals surface area contributed by atoms with Crippen molar-refractivity contribution >= 4 is 53.0 Å². The van der Waals surface area contributed by atoms with E-state index in [9.17, 15) is 43.2 Å². The molecule has 0 spiro atoms. The molecule has 15 nitrogen and oxygen atoms in total. The molecule has 1 radical (unpaired) electrons. The first-order chi connectivity index (χ1) is 18.1. The van der Waals surface area contributed by atoms with Crippen molar-refractivity contribution in [3.05, 3.63) is 20.8 Å². The molecule has 0 bridgehead atoms. The Morgan fingerprint density at radius 1 is 0.475 bits per heavy atom. The van der Waals surface area contributed by atoms with Gasteiger partial charge in [-0.3, -0.25) is 63.9 Å². The summed E-state index contributed by atoms with van der Waals surface area (Å²) in [4.78, 5) is 94.2. The maximum atomic E-state index is 10.8. The molecule has 0 aromatic carbocycles. The molecule has 0 saturated carbocycles. The van der Waals surface area contributed by atoms with Gasteiger partial charge in [0.05, 0.1) is 38.9 Å². The number of carbonyl (C=O) groups excluding carboxylic acids is 9. The zero-order valence-corrected chi connectivity index (χ0v) is 23.8. The van der Waals surface area contributed by atoms with E-state index in [1.54, 1.807) is 0 Å². The summed E-state index contributed by atoms with van der Waals surface area (Å²) in [5.74, 6) is -3.62. The number of ether oxygens (including phenoxy) is 3. The Bertz CT molecular complexity index is 753. The number of Topliss-reactive ketones (excluding diaryl/α,β-unsaturated/α-hetero) is 3. The maximum absolute atomic E-state index is 10.8. The number of esters is 3. The van der Waals surface area contributed by atoms with Gasteiger partial charge in [-0.2, -0.15) is 0 Å². The molecule has 16 heteroatoms. The number of nitrogens with one attached hydrogen (secondary N) is 3. The normalized spacial score (nSPS) is 8.78. The van der Waals surface area contributed by atoms with Gasteiger partial charge < -0.3 is 30.2 Å². The molecule has 0 atom stereocenters. The zero-order valence-electron chi connectivity index (χ0n) is 22.7. The molecular weight excluding hydrogens is 578 g/mol. The van der Waals surface area contributed by atoms with Crippen molar-refractivity contribution in [2.24, 2.45) is 0 Å². The Labute approximate surface area is 243 Å². The third-order valence-corrected chi connectivity index (χ3v) is 3.29. The Kier molecular flexibility index (Phi) is 30.1. The van der Waals surface area contributed by atoms with Gasteiger partial charge in [0.25, 0.3) is 0 Å². The Hall–Kier alpha value is -4.04. The first-order valence-electron chi connectivity index (χ1n) is 11.3. The van der Waals surface area contributed by atoms with Crippen LogP contribution >= 0.6 is 0 Å². The summed E-state index contributed by atoms with van der Waals surface area (Å²) in [6, 6.07) is 0. The first kappa shape index (κ1) is 43.0. The first-order valence-corrected chi connectivity index (χ1v) is 11.3. The van der Waals surface area contributed by atoms with Crippen LogP contribution in [0.3, 0.4) is 0 Å². The van der Waals surface area contributed by atoms with E-state index in [0.29, 0.717) is 0 Å². The average molecular weight is 614 g/mol. The predicted octanol–water partition coefficient (Wildman–Crippen LogP) is -1.63. The van der Waals surface area contributed by atoms with E-state index in [4.69, 9.17) is 0 Å². The summed E-state index contributed by atoms with van der Waals surface area (Å²) in [5, 5.41) is 7.21. The predicted molar refractivity (Wildman–Crippen MR) is 134 cm³/mol. The molecule has 227 valence electrons. The minimum Gasteiger partial charge on any atom is -0.487 e. The van der Waals surface area contributed by atoms with Gasteiger partial charge >= 0.3 is 17.1 Å². The van der Waals surface area contributed by atoms with Gasteiger partial charge in [0.1, 0.15) is 37.2 Å². The molecular formula is C24H36FeN3O12. The van der Waals surface area contributed by atoms with Crippen LogP contribution < -0.4 is 16.0 Å². The number of rotatable bonds is 15. The number of ketones is 3. The van der Waals surface area contributed by atoms with Gasteiger partial charge in [0.15, 0.2) is 17.9 Å². The fraction of sp³-hybridized carbons (Fsp3) is 0.500. The Balaban J connectivity index is -0.000000240. The molecule has 3 N–H and O–H groups in total. The van der Waals surface area contributed by atoms with Gasteiger partial charge in [-0.1, -0.05) is 0 Å². The summed E-state index contributed by atoms with van der Waals surface area (Å²) < 4.78 is 13.3.